The fourth-order valence-corrected chi connectivity index (χ4v) is 3.27. The molecule has 0 saturated heterocycles. The van der Waals surface area contributed by atoms with E-state index < -0.39 is 17.8 Å². The summed E-state index contributed by atoms with van der Waals surface area (Å²) in [4.78, 5) is 28.9. The number of amides is 2. The molecule has 0 fully saturated rings. The van der Waals surface area contributed by atoms with Gasteiger partial charge < -0.3 is 10.1 Å². The third-order valence-electron chi connectivity index (χ3n) is 4.59. The number of halogens is 2. The molecule has 0 atom stereocenters. The van der Waals surface area contributed by atoms with Crippen LogP contribution in [0.25, 0.3) is 10.9 Å². The number of carbonyl (C=O) groups is 2. The van der Waals surface area contributed by atoms with Crippen molar-refractivity contribution in [1.29, 1.82) is 0 Å². The molecule has 0 radical (unpaired) electrons. The van der Waals surface area contributed by atoms with Crippen LogP contribution < -0.4 is 10.6 Å². The van der Waals surface area contributed by atoms with Crippen LogP contribution in [-0.2, 0) is 18.4 Å². The molecule has 0 unspecified atom stereocenters. The number of hydrogen-bond acceptors (Lipinski definition) is 5. The van der Waals surface area contributed by atoms with Crippen LogP contribution in [0.15, 0.2) is 60.9 Å². The SMILES string of the molecule is Cn1nc2ccc(NC(=O)OCc3ccncc3)cc2c1C(=O)Nc1ccc(F)c(Cl)c1. The van der Waals surface area contributed by atoms with Crippen molar-refractivity contribution in [3.63, 3.8) is 0 Å². The molecule has 0 aliphatic heterocycles. The van der Waals surface area contributed by atoms with Gasteiger partial charge in [0, 0.05) is 36.2 Å². The summed E-state index contributed by atoms with van der Waals surface area (Å²) in [6.07, 6.45) is 2.58. The quantitative estimate of drug-likeness (QED) is 0.454. The van der Waals surface area contributed by atoms with Gasteiger partial charge in [0.1, 0.15) is 18.1 Å². The van der Waals surface area contributed by atoms with Crippen molar-refractivity contribution in [2.45, 2.75) is 6.61 Å². The lowest BCUT2D eigenvalue weighted by Gasteiger charge is -2.08. The second-order valence-corrected chi connectivity index (χ2v) is 7.25. The molecular weight excluding hydrogens is 437 g/mol. The zero-order valence-corrected chi connectivity index (χ0v) is 17.6. The molecule has 0 saturated carbocycles. The van der Waals surface area contributed by atoms with Crippen LogP contribution in [0, 0.1) is 5.82 Å². The first kappa shape index (κ1) is 21.3. The zero-order valence-electron chi connectivity index (χ0n) is 16.8. The number of carbonyl (C=O) groups excluding carboxylic acids is 2. The summed E-state index contributed by atoms with van der Waals surface area (Å²) in [6, 6.07) is 12.3. The number of anilines is 2. The fraction of sp³-hybridized carbons (Fsp3) is 0.0909. The standard InChI is InChI=1S/C22H17ClFN5O3/c1-29-20(21(30)26-15-2-4-18(24)17(23)11-15)16-10-14(3-5-19(16)28-29)27-22(31)32-12-13-6-8-25-9-7-13/h2-11H,12H2,1H3,(H,26,30)(H,27,31). The third-order valence-corrected chi connectivity index (χ3v) is 4.88. The number of aromatic nitrogens is 3. The minimum atomic E-state index is -0.642. The van der Waals surface area contributed by atoms with Gasteiger partial charge in [-0.15, -0.1) is 0 Å². The van der Waals surface area contributed by atoms with Gasteiger partial charge in [0.15, 0.2) is 0 Å². The highest BCUT2D eigenvalue weighted by atomic mass is 35.5. The predicted octanol–water partition coefficient (Wildman–Crippen LogP) is 4.76. The first-order chi connectivity index (χ1) is 15.4. The maximum absolute atomic E-state index is 13.4. The van der Waals surface area contributed by atoms with E-state index in [0.29, 0.717) is 22.3 Å². The molecule has 32 heavy (non-hydrogen) atoms. The summed E-state index contributed by atoms with van der Waals surface area (Å²) in [5.41, 5.74) is 2.39. The third kappa shape index (κ3) is 4.68. The van der Waals surface area contributed by atoms with Crippen LogP contribution in [-0.4, -0.2) is 26.8 Å². The number of hydrogen-bond donors (Lipinski definition) is 2. The zero-order chi connectivity index (χ0) is 22.7. The Balaban J connectivity index is 1.51. The van der Waals surface area contributed by atoms with E-state index in [9.17, 15) is 14.0 Å². The normalized spacial score (nSPS) is 10.7. The number of nitrogens with zero attached hydrogens (tertiary/aromatic N) is 3. The number of rotatable bonds is 5. The molecular formula is C22H17ClFN5O3. The number of pyridine rings is 1. The van der Waals surface area contributed by atoms with E-state index in [4.69, 9.17) is 16.3 Å². The van der Waals surface area contributed by atoms with Crippen LogP contribution in [0.5, 0.6) is 0 Å². The number of aryl methyl sites for hydroxylation is 1. The molecule has 4 rings (SSSR count). The van der Waals surface area contributed by atoms with Gasteiger partial charge in [-0.25, -0.2) is 9.18 Å². The average Bonchev–Trinajstić information content (AvgIpc) is 3.10. The van der Waals surface area contributed by atoms with Gasteiger partial charge in [-0.2, -0.15) is 5.10 Å². The van der Waals surface area contributed by atoms with Crippen molar-refractivity contribution in [1.82, 2.24) is 14.8 Å². The summed E-state index contributed by atoms with van der Waals surface area (Å²) >= 11 is 5.78. The minimum absolute atomic E-state index is 0.0946. The van der Waals surface area contributed by atoms with E-state index in [2.05, 4.69) is 20.7 Å². The Kier molecular flexibility index (Phi) is 6.00. The Morgan fingerprint density at radius 1 is 1.06 bits per heavy atom. The van der Waals surface area contributed by atoms with Crippen molar-refractivity contribution in [2.75, 3.05) is 10.6 Å². The van der Waals surface area contributed by atoms with Crippen LogP contribution in [0.1, 0.15) is 16.1 Å². The van der Waals surface area contributed by atoms with Crippen molar-refractivity contribution in [3.8, 4) is 0 Å². The summed E-state index contributed by atoms with van der Waals surface area (Å²) in [5, 5.41) is 10.1. The summed E-state index contributed by atoms with van der Waals surface area (Å²) in [5.74, 6) is -1.04. The summed E-state index contributed by atoms with van der Waals surface area (Å²) in [6.45, 7) is 0.0946. The summed E-state index contributed by atoms with van der Waals surface area (Å²) < 4.78 is 20.0. The molecule has 0 spiro atoms. The predicted molar refractivity (Wildman–Crippen MR) is 118 cm³/mol. The van der Waals surface area contributed by atoms with Crippen molar-refractivity contribution >= 4 is 45.9 Å². The van der Waals surface area contributed by atoms with Gasteiger partial charge in [0.05, 0.1) is 10.5 Å². The van der Waals surface area contributed by atoms with Crippen molar-refractivity contribution < 1.29 is 18.7 Å². The molecule has 8 nitrogen and oxygen atoms in total. The Morgan fingerprint density at radius 3 is 2.53 bits per heavy atom. The molecule has 4 aromatic rings. The van der Waals surface area contributed by atoms with Crippen LogP contribution in [0.3, 0.4) is 0 Å². The molecule has 10 heteroatoms. The highest BCUT2D eigenvalue weighted by Gasteiger charge is 2.18. The smallest absolute Gasteiger partial charge is 0.411 e. The van der Waals surface area contributed by atoms with E-state index in [0.717, 1.165) is 5.56 Å². The Labute approximate surface area is 187 Å². The lowest BCUT2D eigenvalue weighted by molar-refractivity contribution is 0.101. The molecule has 162 valence electrons. The molecule has 2 aromatic carbocycles. The lowest BCUT2D eigenvalue weighted by Crippen LogP contribution is -2.16. The van der Waals surface area contributed by atoms with Crippen LogP contribution in [0.4, 0.5) is 20.6 Å². The molecule has 2 aromatic heterocycles. The van der Waals surface area contributed by atoms with E-state index >= 15 is 0 Å². The van der Waals surface area contributed by atoms with E-state index in [1.807, 2.05) is 0 Å². The molecule has 0 bridgehead atoms. The second kappa shape index (κ2) is 9.03. The van der Waals surface area contributed by atoms with Crippen molar-refractivity contribution in [3.05, 3.63) is 83.0 Å². The van der Waals surface area contributed by atoms with E-state index in [1.165, 1.54) is 22.9 Å². The molecule has 2 N–H and O–H groups in total. The highest BCUT2D eigenvalue weighted by Crippen LogP contribution is 2.25. The first-order valence-corrected chi connectivity index (χ1v) is 9.84. The molecule has 2 amide bonds. The van der Waals surface area contributed by atoms with E-state index in [-0.39, 0.29) is 17.3 Å². The Hall–Kier alpha value is -3.98. The van der Waals surface area contributed by atoms with Gasteiger partial charge in [0.2, 0.25) is 0 Å². The Bertz CT molecular complexity index is 1310. The molecule has 2 heterocycles. The van der Waals surface area contributed by atoms with Gasteiger partial charge in [0.25, 0.3) is 5.91 Å². The van der Waals surface area contributed by atoms with Gasteiger partial charge in [-0.05, 0) is 54.1 Å². The van der Waals surface area contributed by atoms with Gasteiger partial charge in [-0.3, -0.25) is 19.8 Å². The maximum Gasteiger partial charge on any atom is 0.411 e. The molecule has 0 aliphatic carbocycles. The van der Waals surface area contributed by atoms with E-state index in [1.54, 1.807) is 49.8 Å². The fourth-order valence-electron chi connectivity index (χ4n) is 3.09. The molecule has 0 aliphatic rings. The van der Waals surface area contributed by atoms with Crippen LogP contribution in [0.2, 0.25) is 5.02 Å². The monoisotopic (exact) mass is 453 g/mol. The maximum atomic E-state index is 13.4. The highest BCUT2D eigenvalue weighted by molar-refractivity contribution is 6.31. The number of fused-ring (bicyclic) bond motifs is 1. The van der Waals surface area contributed by atoms with Gasteiger partial charge >= 0.3 is 6.09 Å². The Morgan fingerprint density at radius 2 is 1.78 bits per heavy atom. The first-order valence-electron chi connectivity index (χ1n) is 9.46. The largest absolute Gasteiger partial charge is 0.444 e. The number of benzene rings is 2. The lowest BCUT2D eigenvalue weighted by atomic mass is 10.1. The second-order valence-electron chi connectivity index (χ2n) is 6.84. The topological polar surface area (TPSA) is 98.1 Å². The number of ether oxygens (including phenoxy) is 1. The summed E-state index contributed by atoms with van der Waals surface area (Å²) in [7, 11) is 1.63. The van der Waals surface area contributed by atoms with Crippen molar-refractivity contribution in [2.24, 2.45) is 7.05 Å². The average molecular weight is 454 g/mol. The van der Waals surface area contributed by atoms with Gasteiger partial charge in [-0.1, -0.05) is 11.6 Å². The minimum Gasteiger partial charge on any atom is -0.444 e. The number of nitrogens with one attached hydrogen (secondary N) is 2. The van der Waals surface area contributed by atoms with Crippen LogP contribution >= 0.6 is 11.6 Å².